The third-order valence-electron chi connectivity index (χ3n) is 3.34. The van der Waals surface area contributed by atoms with Crippen LogP contribution in [0.1, 0.15) is 23.0 Å². The fourth-order valence-electron chi connectivity index (χ4n) is 2.20. The van der Waals surface area contributed by atoms with Gasteiger partial charge in [0.1, 0.15) is 0 Å². The van der Waals surface area contributed by atoms with E-state index in [9.17, 15) is 9.59 Å². The van der Waals surface area contributed by atoms with Gasteiger partial charge in [-0.15, -0.1) is 11.8 Å². The number of carbonyl (C=O) groups excluding carboxylic acids is 2. The minimum atomic E-state index is -0.637. The third kappa shape index (κ3) is 3.04. The number of para-hydroxylation sites is 1. The molecule has 2 aromatic rings. The molecule has 120 valence electrons. The van der Waals surface area contributed by atoms with E-state index in [0.29, 0.717) is 22.1 Å². The fraction of sp³-hybridized carbons (Fsp3) is 0.267. The fourth-order valence-corrected chi connectivity index (χ4v) is 3.80. The summed E-state index contributed by atoms with van der Waals surface area (Å²) >= 11 is 3.03. The molecule has 0 radical (unpaired) electrons. The number of hydrogen-bond acceptors (Lipinski definition) is 6. The molecule has 1 unspecified atom stereocenters. The van der Waals surface area contributed by atoms with Gasteiger partial charge in [-0.2, -0.15) is 0 Å². The van der Waals surface area contributed by atoms with Crippen LogP contribution >= 0.6 is 23.1 Å². The number of nitrogens with zero attached hydrogens (tertiary/aromatic N) is 1. The molecule has 1 atom stereocenters. The second kappa shape index (κ2) is 6.21. The summed E-state index contributed by atoms with van der Waals surface area (Å²) < 4.78 is 6.65. The van der Waals surface area contributed by atoms with Gasteiger partial charge < -0.3 is 10.1 Å². The number of fused-ring (bicyclic) bond motifs is 1. The van der Waals surface area contributed by atoms with Gasteiger partial charge in [0.05, 0.1) is 21.2 Å². The first-order valence-corrected chi connectivity index (χ1v) is 8.97. The van der Waals surface area contributed by atoms with Crippen LogP contribution in [0.25, 0.3) is 0 Å². The molecule has 1 aliphatic rings. The molecule has 0 saturated heterocycles. The van der Waals surface area contributed by atoms with E-state index in [0.717, 1.165) is 9.90 Å². The van der Waals surface area contributed by atoms with Crippen LogP contribution in [0.4, 0.5) is 10.8 Å². The SMILES string of the molecule is CSc1sc(NC(=O)c2cccc3c2OC(C)C(=O)N3)nc1C. The van der Waals surface area contributed by atoms with Crippen LogP contribution in [-0.4, -0.2) is 29.2 Å². The molecule has 2 amide bonds. The maximum Gasteiger partial charge on any atom is 0.265 e. The molecule has 3 rings (SSSR count). The molecular formula is C15H15N3O3S2. The highest BCUT2D eigenvalue weighted by atomic mass is 32.2. The lowest BCUT2D eigenvalue weighted by atomic mass is 10.1. The number of carbonyl (C=O) groups is 2. The van der Waals surface area contributed by atoms with Crippen molar-refractivity contribution in [2.45, 2.75) is 24.2 Å². The summed E-state index contributed by atoms with van der Waals surface area (Å²) in [4.78, 5) is 28.5. The van der Waals surface area contributed by atoms with Crippen LogP contribution in [0, 0.1) is 6.92 Å². The van der Waals surface area contributed by atoms with E-state index in [2.05, 4.69) is 15.6 Å². The maximum atomic E-state index is 12.5. The van der Waals surface area contributed by atoms with Crippen molar-refractivity contribution in [1.29, 1.82) is 0 Å². The topological polar surface area (TPSA) is 80.3 Å². The minimum Gasteiger partial charge on any atom is -0.478 e. The third-order valence-corrected chi connectivity index (χ3v) is 5.62. The molecule has 0 saturated carbocycles. The van der Waals surface area contributed by atoms with E-state index in [4.69, 9.17) is 4.74 Å². The molecule has 1 aliphatic heterocycles. The Morgan fingerprint density at radius 1 is 1.48 bits per heavy atom. The Morgan fingerprint density at radius 2 is 2.26 bits per heavy atom. The zero-order chi connectivity index (χ0) is 16.6. The van der Waals surface area contributed by atoms with Crippen LogP contribution in [0.5, 0.6) is 5.75 Å². The summed E-state index contributed by atoms with van der Waals surface area (Å²) in [6.07, 6.45) is 1.33. The number of thioether (sulfide) groups is 1. The average molecular weight is 349 g/mol. The molecule has 2 N–H and O–H groups in total. The number of rotatable bonds is 3. The highest BCUT2D eigenvalue weighted by Crippen LogP contribution is 2.35. The van der Waals surface area contributed by atoms with E-state index >= 15 is 0 Å². The summed E-state index contributed by atoms with van der Waals surface area (Å²) in [7, 11) is 0. The molecular weight excluding hydrogens is 334 g/mol. The summed E-state index contributed by atoms with van der Waals surface area (Å²) in [5, 5.41) is 6.07. The van der Waals surface area contributed by atoms with Crippen LogP contribution in [0.15, 0.2) is 22.4 Å². The second-order valence-corrected chi connectivity index (χ2v) is 7.06. The zero-order valence-corrected chi connectivity index (χ0v) is 14.4. The van der Waals surface area contributed by atoms with Crippen molar-refractivity contribution in [1.82, 2.24) is 4.98 Å². The first kappa shape index (κ1) is 15.8. The highest BCUT2D eigenvalue weighted by molar-refractivity contribution is 8.00. The van der Waals surface area contributed by atoms with Gasteiger partial charge in [0.15, 0.2) is 17.0 Å². The van der Waals surface area contributed by atoms with Gasteiger partial charge in [-0.05, 0) is 32.2 Å². The summed E-state index contributed by atoms with van der Waals surface area (Å²) in [5.74, 6) is -0.155. The number of aryl methyl sites for hydroxylation is 1. The second-order valence-electron chi connectivity index (χ2n) is 4.98. The van der Waals surface area contributed by atoms with Crippen LogP contribution in [-0.2, 0) is 4.79 Å². The summed E-state index contributed by atoms with van der Waals surface area (Å²) in [6.45, 7) is 3.55. The van der Waals surface area contributed by atoms with Crippen LogP contribution in [0.2, 0.25) is 0 Å². The maximum absolute atomic E-state index is 12.5. The molecule has 2 heterocycles. The van der Waals surface area contributed by atoms with E-state index in [1.54, 1.807) is 36.9 Å². The van der Waals surface area contributed by atoms with Crippen molar-refractivity contribution in [2.24, 2.45) is 0 Å². The normalized spacial score (nSPS) is 16.3. The largest absolute Gasteiger partial charge is 0.478 e. The van der Waals surface area contributed by atoms with E-state index in [1.807, 2.05) is 13.2 Å². The average Bonchev–Trinajstić information content (AvgIpc) is 2.87. The number of ether oxygens (including phenoxy) is 1. The van der Waals surface area contributed by atoms with Crippen molar-refractivity contribution >= 4 is 45.7 Å². The van der Waals surface area contributed by atoms with E-state index < -0.39 is 6.10 Å². The van der Waals surface area contributed by atoms with Crippen molar-refractivity contribution in [3.8, 4) is 5.75 Å². The molecule has 0 aliphatic carbocycles. The Morgan fingerprint density at radius 3 is 2.96 bits per heavy atom. The Bertz CT molecular complexity index is 788. The zero-order valence-electron chi connectivity index (χ0n) is 12.8. The molecule has 1 aromatic heterocycles. The minimum absolute atomic E-state index is 0.227. The van der Waals surface area contributed by atoms with Crippen LogP contribution < -0.4 is 15.4 Å². The number of thiazole rings is 1. The molecule has 1 aromatic carbocycles. The Hall–Kier alpha value is -2.06. The predicted octanol–water partition coefficient (Wildman–Crippen LogP) is 3.15. The Kier molecular flexibility index (Phi) is 4.27. The first-order chi connectivity index (χ1) is 11.0. The molecule has 0 spiro atoms. The Balaban J connectivity index is 1.88. The van der Waals surface area contributed by atoms with Gasteiger partial charge in [-0.1, -0.05) is 17.4 Å². The van der Waals surface area contributed by atoms with Crippen molar-refractivity contribution in [3.63, 3.8) is 0 Å². The molecule has 0 fully saturated rings. The summed E-state index contributed by atoms with van der Waals surface area (Å²) in [6, 6.07) is 5.07. The molecule has 23 heavy (non-hydrogen) atoms. The molecule has 8 heteroatoms. The van der Waals surface area contributed by atoms with Gasteiger partial charge in [-0.25, -0.2) is 4.98 Å². The van der Waals surface area contributed by atoms with Crippen molar-refractivity contribution < 1.29 is 14.3 Å². The number of anilines is 2. The van der Waals surface area contributed by atoms with Gasteiger partial charge in [0, 0.05) is 0 Å². The number of aromatic nitrogens is 1. The number of nitrogens with one attached hydrogen (secondary N) is 2. The van der Waals surface area contributed by atoms with Crippen molar-refractivity contribution in [3.05, 3.63) is 29.5 Å². The summed E-state index contributed by atoms with van der Waals surface area (Å²) in [5.41, 5.74) is 1.76. The quantitative estimate of drug-likeness (QED) is 0.832. The molecule has 6 nitrogen and oxygen atoms in total. The van der Waals surface area contributed by atoms with E-state index in [1.165, 1.54) is 11.3 Å². The van der Waals surface area contributed by atoms with Gasteiger partial charge in [0.25, 0.3) is 11.8 Å². The standard InChI is InChI=1S/C15H15N3O3S2/c1-7-14(22-3)23-15(16-7)18-13(20)9-5-4-6-10-11(9)21-8(2)12(19)17-10/h4-6,8H,1-3H3,(H,17,19)(H,16,18,20). The lowest BCUT2D eigenvalue weighted by Crippen LogP contribution is -2.35. The van der Waals surface area contributed by atoms with Gasteiger partial charge in [0.2, 0.25) is 0 Å². The number of hydrogen-bond donors (Lipinski definition) is 2. The first-order valence-electron chi connectivity index (χ1n) is 6.93. The monoisotopic (exact) mass is 349 g/mol. The van der Waals surface area contributed by atoms with E-state index in [-0.39, 0.29) is 11.8 Å². The van der Waals surface area contributed by atoms with Gasteiger partial charge >= 0.3 is 0 Å². The van der Waals surface area contributed by atoms with Crippen LogP contribution in [0.3, 0.4) is 0 Å². The number of benzene rings is 1. The molecule has 0 bridgehead atoms. The highest BCUT2D eigenvalue weighted by Gasteiger charge is 2.27. The lowest BCUT2D eigenvalue weighted by Gasteiger charge is -2.24. The number of amides is 2. The lowest BCUT2D eigenvalue weighted by molar-refractivity contribution is -0.122. The smallest absolute Gasteiger partial charge is 0.265 e. The predicted molar refractivity (Wildman–Crippen MR) is 91.7 cm³/mol. The van der Waals surface area contributed by atoms with Gasteiger partial charge in [-0.3, -0.25) is 14.9 Å². The Labute approximate surface area is 141 Å². The van der Waals surface area contributed by atoms with Crippen molar-refractivity contribution in [2.75, 3.05) is 16.9 Å².